The van der Waals surface area contributed by atoms with Crippen molar-refractivity contribution >= 4 is 27.4 Å². The average molecular weight is 545 g/mol. The Hall–Kier alpha value is -1.57. The number of oxime groups is 1. The van der Waals surface area contributed by atoms with Gasteiger partial charge in [-0.25, -0.2) is 0 Å². The fraction of sp³-hybridized carbons (Fsp3) is 0.679. The topological polar surface area (TPSA) is 97.8 Å². The molecule has 5 rings (SSSR count). The van der Waals surface area contributed by atoms with Crippen LogP contribution in [0.2, 0.25) is 0 Å². The third-order valence-corrected chi connectivity index (χ3v) is 10.8. The molecule has 3 N–H and O–H groups in total. The Bertz CT molecular complexity index is 1090. The number of rotatable bonds is 4. The second-order valence-corrected chi connectivity index (χ2v) is 12.9. The minimum Gasteiger partial charge on any atom is -0.391 e. The monoisotopic (exact) mass is 543 g/mol. The molecule has 0 spiro atoms. The number of aliphatic hydroxyl groups is 1. The van der Waals surface area contributed by atoms with Gasteiger partial charge in [-0.1, -0.05) is 31.5 Å². The van der Waals surface area contributed by atoms with Gasteiger partial charge in [0.15, 0.2) is 5.78 Å². The largest absolute Gasteiger partial charge is 0.391 e. The highest BCUT2D eigenvalue weighted by Crippen LogP contribution is 2.68. The van der Waals surface area contributed by atoms with E-state index in [1.165, 1.54) is 5.57 Å². The van der Waals surface area contributed by atoms with Crippen LogP contribution >= 0.6 is 15.9 Å². The third kappa shape index (κ3) is 3.75. The molecule has 3 fully saturated rings. The Labute approximate surface area is 216 Å². The number of hydrogen-bond donors (Lipinski definition) is 2. The van der Waals surface area contributed by atoms with Gasteiger partial charge in [0.2, 0.25) is 0 Å². The fourth-order valence-electron chi connectivity index (χ4n) is 8.50. The molecule has 8 atom stereocenters. The number of allylic oxidation sites excluding steroid dienone is 2. The van der Waals surface area contributed by atoms with Crippen LogP contribution in [0.5, 0.6) is 0 Å². The van der Waals surface area contributed by atoms with Crippen LogP contribution in [-0.4, -0.2) is 33.2 Å². The SMILES string of the molecule is CC(=O)[C@@]1(N)[C@H](O)C[C@H]2[C@@H]3C[C@H](C)C4=CC(=NOCc5cncc(Br)c5)CC[C@]4(C)[C@H]3CC[C@@]21C. The van der Waals surface area contributed by atoms with Crippen molar-refractivity contribution in [3.8, 4) is 0 Å². The lowest BCUT2D eigenvalue weighted by atomic mass is 9.44. The average Bonchev–Trinajstić information content (AvgIpc) is 3.02. The number of nitrogens with zero attached hydrogens (tertiary/aromatic N) is 2. The van der Waals surface area contributed by atoms with E-state index in [0.29, 0.717) is 30.8 Å². The number of carbonyl (C=O) groups excluding carboxylic acids is 1. The maximum atomic E-state index is 12.7. The van der Waals surface area contributed by atoms with Crippen molar-refractivity contribution in [2.75, 3.05) is 0 Å². The molecule has 4 aliphatic carbocycles. The standard InChI is InChI=1S/C28H38BrN3O3/c1-16-9-21-22(6-8-27(4)24(21)12-25(34)28(27,30)17(2)33)26(3)7-5-20(11-23(16)26)32-35-15-18-10-19(29)14-31-13-18/h10-11,13-14,16,21-22,24-25,34H,5-9,12,15,30H2,1-4H3/t16-,21+,22-,24-,25+,26+,27-,28+/m0/s1. The van der Waals surface area contributed by atoms with Gasteiger partial charge in [0.05, 0.1) is 11.8 Å². The van der Waals surface area contributed by atoms with Crippen molar-refractivity contribution in [3.05, 3.63) is 40.1 Å². The first-order chi connectivity index (χ1) is 16.5. The first kappa shape index (κ1) is 25.1. The lowest BCUT2D eigenvalue weighted by Gasteiger charge is -2.60. The molecular weight excluding hydrogens is 506 g/mol. The Balaban J connectivity index is 1.38. The molecule has 0 aliphatic heterocycles. The summed E-state index contributed by atoms with van der Waals surface area (Å²) in [7, 11) is 0. The molecule has 3 saturated carbocycles. The summed E-state index contributed by atoms with van der Waals surface area (Å²) < 4.78 is 0.931. The Kier molecular flexibility index (Phi) is 6.29. The maximum Gasteiger partial charge on any atom is 0.152 e. The first-order valence-electron chi connectivity index (χ1n) is 13.0. The fourth-order valence-corrected chi connectivity index (χ4v) is 8.92. The van der Waals surface area contributed by atoms with Gasteiger partial charge >= 0.3 is 0 Å². The Morgan fingerprint density at radius 2 is 2.06 bits per heavy atom. The predicted octanol–water partition coefficient (Wildman–Crippen LogP) is 5.18. The summed E-state index contributed by atoms with van der Waals surface area (Å²) in [6.07, 6.45) is 10.7. The van der Waals surface area contributed by atoms with Crippen LogP contribution in [0, 0.1) is 34.5 Å². The summed E-state index contributed by atoms with van der Waals surface area (Å²) in [6, 6.07) is 1.99. The van der Waals surface area contributed by atoms with Crippen LogP contribution in [-0.2, 0) is 16.2 Å². The number of aromatic nitrogens is 1. The van der Waals surface area contributed by atoms with Gasteiger partial charge in [-0.15, -0.1) is 0 Å². The van der Waals surface area contributed by atoms with E-state index in [1.807, 2.05) is 6.07 Å². The van der Waals surface area contributed by atoms with Crippen LogP contribution < -0.4 is 5.73 Å². The van der Waals surface area contributed by atoms with Crippen LogP contribution in [0.1, 0.15) is 71.8 Å². The number of carbonyl (C=O) groups is 1. The molecule has 4 aliphatic rings. The summed E-state index contributed by atoms with van der Waals surface area (Å²) in [5.74, 6) is 1.65. The molecule has 0 unspecified atom stereocenters. The van der Waals surface area contributed by atoms with Crippen molar-refractivity contribution < 1.29 is 14.7 Å². The van der Waals surface area contributed by atoms with Crippen molar-refractivity contribution in [1.82, 2.24) is 4.98 Å². The van der Waals surface area contributed by atoms with Gasteiger partial charge in [0.1, 0.15) is 12.1 Å². The summed E-state index contributed by atoms with van der Waals surface area (Å²) in [6.45, 7) is 8.90. The van der Waals surface area contributed by atoms with Gasteiger partial charge in [-0.2, -0.15) is 0 Å². The van der Waals surface area contributed by atoms with Crippen LogP contribution in [0.15, 0.2) is 39.7 Å². The quantitative estimate of drug-likeness (QED) is 0.509. The second kappa shape index (κ2) is 8.77. The number of hydrogen-bond acceptors (Lipinski definition) is 6. The zero-order chi connectivity index (χ0) is 25.2. The summed E-state index contributed by atoms with van der Waals surface area (Å²) in [4.78, 5) is 22.5. The molecule has 0 saturated heterocycles. The van der Waals surface area contributed by atoms with E-state index in [0.717, 1.165) is 47.9 Å². The number of fused-ring (bicyclic) bond motifs is 5. The molecule has 1 aromatic rings. The molecule has 35 heavy (non-hydrogen) atoms. The number of ketones is 1. The molecule has 0 amide bonds. The molecule has 0 radical (unpaired) electrons. The molecule has 6 nitrogen and oxygen atoms in total. The van der Waals surface area contributed by atoms with Crippen molar-refractivity contribution in [2.45, 2.75) is 84.5 Å². The minimum atomic E-state index is -1.13. The van der Waals surface area contributed by atoms with E-state index in [2.05, 4.69) is 52.9 Å². The highest BCUT2D eigenvalue weighted by molar-refractivity contribution is 9.10. The normalized spacial score (nSPS) is 43.7. The first-order valence-corrected chi connectivity index (χ1v) is 13.8. The molecular formula is C28H38BrN3O3. The molecule has 1 heterocycles. The highest BCUT2D eigenvalue weighted by Gasteiger charge is 2.68. The second-order valence-electron chi connectivity index (χ2n) is 12.0. The molecule has 7 heteroatoms. The van der Waals surface area contributed by atoms with Crippen molar-refractivity contribution in [3.63, 3.8) is 0 Å². The maximum absolute atomic E-state index is 12.7. The highest BCUT2D eigenvalue weighted by atomic mass is 79.9. The number of Topliss-reactive ketones (excluding diaryl/α,β-unsaturated/α-hetero) is 1. The van der Waals surface area contributed by atoms with Gasteiger partial charge in [-0.05, 0) is 108 Å². The van der Waals surface area contributed by atoms with E-state index < -0.39 is 11.6 Å². The lowest BCUT2D eigenvalue weighted by Crippen LogP contribution is -2.65. The summed E-state index contributed by atoms with van der Waals surface area (Å²) >= 11 is 3.44. The smallest absolute Gasteiger partial charge is 0.152 e. The van der Waals surface area contributed by atoms with E-state index >= 15 is 0 Å². The summed E-state index contributed by atoms with van der Waals surface area (Å²) in [5.41, 5.74) is 8.85. The van der Waals surface area contributed by atoms with Crippen LogP contribution in [0.25, 0.3) is 0 Å². The molecule has 0 bridgehead atoms. The van der Waals surface area contributed by atoms with Crippen molar-refractivity contribution in [2.24, 2.45) is 45.4 Å². The third-order valence-electron chi connectivity index (χ3n) is 10.4. The van der Waals surface area contributed by atoms with Gasteiger partial charge in [0, 0.05) is 22.4 Å². The Morgan fingerprint density at radius 3 is 2.77 bits per heavy atom. The van der Waals surface area contributed by atoms with Crippen LogP contribution in [0.3, 0.4) is 0 Å². The lowest BCUT2D eigenvalue weighted by molar-refractivity contribution is -0.134. The zero-order valence-corrected chi connectivity index (χ0v) is 22.8. The summed E-state index contributed by atoms with van der Waals surface area (Å²) in [5, 5.41) is 15.5. The number of nitrogens with two attached hydrogens (primary N) is 1. The number of pyridine rings is 1. The van der Waals surface area contributed by atoms with E-state index in [1.54, 1.807) is 19.3 Å². The van der Waals surface area contributed by atoms with E-state index in [4.69, 9.17) is 10.6 Å². The van der Waals surface area contributed by atoms with E-state index in [9.17, 15) is 9.90 Å². The predicted molar refractivity (Wildman–Crippen MR) is 139 cm³/mol. The molecule has 1 aromatic heterocycles. The van der Waals surface area contributed by atoms with Gasteiger partial charge in [0.25, 0.3) is 0 Å². The zero-order valence-electron chi connectivity index (χ0n) is 21.3. The number of halogens is 1. The molecule has 190 valence electrons. The number of aliphatic hydroxyl groups excluding tert-OH is 1. The van der Waals surface area contributed by atoms with Crippen molar-refractivity contribution in [1.29, 1.82) is 0 Å². The Morgan fingerprint density at radius 1 is 1.29 bits per heavy atom. The van der Waals surface area contributed by atoms with Crippen LogP contribution in [0.4, 0.5) is 0 Å². The van der Waals surface area contributed by atoms with Gasteiger partial charge < -0.3 is 15.7 Å². The minimum absolute atomic E-state index is 0.0683. The van der Waals surface area contributed by atoms with E-state index in [-0.39, 0.29) is 22.5 Å². The molecule has 0 aromatic carbocycles. The van der Waals surface area contributed by atoms with Gasteiger partial charge in [-0.3, -0.25) is 9.78 Å².